The summed E-state index contributed by atoms with van der Waals surface area (Å²) >= 11 is 8.76. The van der Waals surface area contributed by atoms with E-state index in [4.69, 9.17) is 16.7 Å². The third-order valence-corrected chi connectivity index (χ3v) is 4.70. The zero-order valence-electron chi connectivity index (χ0n) is 9.60. The summed E-state index contributed by atoms with van der Waals surface area (Å²) in [6.07, 6.45) is -0.0750. The fraction of sp³-hybridized carbons (Fsp3) is 0.167. The lowest BCUT2D eigenvalue weighted by Crippen LogP contribution is -1.99. The van der Waals surface area contributed by atoms with Crippen LogP contribution >= 0.6 is 34.7 Å². The third kappa shape index (κ3) is 4.19. The van der Waals surface area contributed by atoms with E-state index in [-0.39, 0.29) is 12.2 Å². The van der Waals surface area contributed by atoms with Gasteiger partial charge >= 0.3 is 5.97 Å². The summed E-state index contributed by atoms with van der Waals surface area (Å²) in [5.41, 5.74) is 1.37. The van der Waals surface area contributed by atoms with Crippen LogP contribution in [0.15, 0.2) is 27.9 Å². The number of aliphatic carboxylic acids is 1. The van der Waals surface area contributed by atoms with E-state index in [0.29, 0.717) is 16.5 Å². The SMILES string of the molecule is O=C(O)Cc1csc(SCc2ccc(F)cc2Cl)n1. The van der Waals surface area contributed by atoms with Crippen molar-refractivity contribution in [2.75, 3.05) is 0 Å². The number of aromatic nitrogens is 1. The van der Waals surface area contributed by atoms with Gasteiger partial charge in [-0.25, -0.2) is 9.37 Å². The summed E-state index contributed by atoms with van der Waals surface area (Å²) in [5, 5.41) is 10.8. The van der Waals surface area contributed by atoms with Gasteiger partial charge in [-0.3, -0.25) is 4.79 Å². The number of hydrogen-bond acceptors (Lipinski definition) is 4. The van der Waals surface area contributed by atoms with Crippen LogP contribution in [0.4, 0.5) is 4.39 Å². The van der Waals surface area contributed by atoms with Gasteiger partial charge in [0.05, 0.1) is 12.1 Å². The second-order valence-corrected chi connectivity index (χ2v) is 6.19. The normalized spacial score (nSPS) is 10.6. The van der Waals surface area contributed by atoms with Gasteiger partial charge in [-0.1, -0.05) is 29.4 Å². The Hall–Kier alpha value is -1.11. The quantitative estimate of drug-likeness (QED) is 0.851. The van der Waals surface area contributed by atoms with Crippen molar-refractivity contribution < 1.29 is 14.3 Å². The highest BCUT2D eigenvalue weighted by molar-refractivity contribution is 8.00. The number of carboxylic acids is 1. The fourth-order valence-corrected chi connectivity index (χ4v) is 3.53. The molecule has 1 heterocycles. The Kier molecular flexibility index (Phi) is 4.79. The average molecular weight is 318 g/mol. The standard InChI is InChI=1S/C12H9ClFNO2S2/c13-10-3-8(14)2-1-7(10)5-18-12-15-9(6-19-12)4-11(16)17/h1-3,6H,4-5H2,(H,16,17). The molecule has 2 aromatic rings. The van der Waals surface area contributed by atoms with Crippen molar-refractivity contribution >= 4 is 40.7 Å². The Morgan fingerprint density at radius 2 is 2.32 bits per heavy atom. The monoisotopic (exact) mass is 317 g/mol. The molecule has 0 aliphatic rings. The Labute approximate surface area is 122 Å². The lowest BCUT2D eigenvalue weighted by molar-refractivity contribution is -0.136. The molecule has 1 aromatic carbocycles. The number of hydrogen-bond donors (Lipinski definition) is 1. The number of halogens is 2. The van der Waals surface area contributed by atoms with Crippen molar-refractivity contribution in [2.24, 2.45) is 0 Å². The van der Waals surface area contributed by atoms with Crippen LogP contribution < -0.4 is 0 Å². The van der Waals surface area contributed by atoms with Gasteiger partial charge in [0.1, 0.15) is 10.2 Å². The highest BCUT2D eigenvalue weighted by atomic mass is 35.5. The van der Waals surface area contributed by atoms with Gasteiger partial charge in [0.15, 0.2) is 0 Å². The maximum Gasteiger partial charge on any atom is 0.309 e. The molecule has 0 unspecified atom stereocenters. The highest BCUT2D eigenvalue weighted by Gasteiger charge is 2.08. The van der Waals surface area contributed by atoms with E-state index in [1.807, 2.05) is 0 Å². The van der Waals surface area contributed by atoms with Crippen LogP contribution in [-0.4, -0.2) is 16.1 Å². The van der Waals surface area contributed by atoms with Gasteiger partial charge in [0, 0.05) is 16.2 Å². The highest BCUT2D eigenvalue weighted by Crippen LogP contribution is 2.29. The molecule has 0 saturated carbocycles. The van der Waals surface area contributed by atoms with E-state index in [0.717, 1.165) is 9.90 Å². The molecule has 0 saturated heterocycles. The number of carbonyl (C=O) groups is 1. The molecular weight excluding hydrogens is 309 g/mol. The molecular formula is C12H9ClFNO2S2. The second kappa shape index (κ2) is 6.36. The maximum absolute atomic E-state index is 12.9. The summed E-state index contributed by atoms with van der Waals surface area (Å²) < 4.78 is 13.7. The van der Waals surface area contributed by atoms with Gasteiger partial charge in [0.2, 0.25) is 0 Å². The molecule has 0 amide bonds. The number of thioether (sulfide) groups is 1. The minimum absolute atomic E-state index is 0.0750. The first-order chi connectivity index (χ1) is 9.04. The average Bonchev–Trinajstić information content (AvgIpc) is 2.74. The Morgan fingerprint density at radius 1 is 1.53 bits per heavy atom. The molecule has 0 radical (unpaired) electrons. The molecule has 0 fully saturated rings. The van der Waals surface area contributed by atoms with Crippen LogP contribution in [0.1, 0.15) is 11.3 Å². The summed E-state index contributed by atoms with van der Waals surface area (Å²) in [4.78, 5) is 14.7. The molecule has 100 valence electrons. The van der Waals surface area contributed by atoms with E-state index in [9.17, 15) is 9.18 Å². The van der Waals surface area contributed by atoms with Crippen molar-refractivity contribution in [3.05, 3.63) is 45.7 Å². The largest absolute Gasteiger partial charge is 0.481 e. The van der Waals surface area contributed by atoms with Crippen LogP contribution in [-0.2, 0) is 17.0 Å². The van der Waals surface area contributed by atoms with Crippen LogP contribution in [0, 0.1) is 5.82 Å². The summed E-state index contributed by atoms with van der Waals surface area (Å²) in [5.74, 6) is -0.695. The van der Waals surface area contributed by atoms with E-state index in [1.165, 1.54) is 35.2 Å². The fourth-order valence-electron chi connectivity index (χ4n) is 1.37. The first kappa shape index (κ1) is 14.3. The number of rotatable bonds is 5. The molecule has 0 atom stereocenters. The van der Waals surface area contributed by atoms with Gasteiger partial charge in [-0.15, -0.1) is 11.3 Å². The minimum Gasteiger partial charge on any atom is -0.481 e. The number of nitrogens with zero attached hydrogens (tertiary/aromatic N) is 1. The van der Waals surface area contributed by atoms with Crippen molar-refractivity contribution in [1.82, 2.24) is 4.98 Å². The van der Waals surface area contributed by atoms with E-state index in [2.05, 4.69) is 4.98 Å². The first-order valence-corrected chi connectivity index (χ1v) is 7.52. The minimum atomic E-state index is -0.900. The molecule has 0 aliphatic heterocycles. The number of benzene rings is 1. The van der Waals surface area contributed by atoms with E-state index < -0.39 is 5.97 Å². The number of thiazole rings is 1. The van der Waals surface area contributed by atoms with Crippen LogP contribution in [0.2, 0.25) is 5.02 Å². The summed E-state index contributed by atoms with van der Waals surface area (Å²) in [6, 6.07) is 4.27. The maximum atomic E-state index is 12.9. The first-order valence-electron chi connectivity index (χ1n) is 5.27. The Morgan fingerprint density at radius 3 is 3.00 bits per heavy atom. The Balaban J connectivity index is 1.98. The number of carboxylic acid groups (broad SMARTS) is 1. The molecule has 3 nitrogen and oxygen atoms in total. The van der Waals surface area contributed by atoms with Crippen molar-refractivity contribution in [1.29, 1.82) is 0 Å². The molecule has 0 bridgehead atoms. The smallest absolute Gasteiger partial charge is 0.309 e. The molecule has 1 aromatic heterocycles. The topological polar surface area (TPSA) is 50.2 Å². The molecule has 2 rings (SSSR count). The third-order valence-electron chi connectivity index (χ3n) is 2.23. The lowest BCUT2D eigenvalue weighted by Gasteiger charge is -2.02. The van der Waals surface area contributed by atoms with Gasteiger partial charge in [-0.2, -0.15) is 0 Å². The molecule has 7 heteroatoms. The van der Waals surface area contributed by atoms with E-state index >= 15 is 0 Å². The van der Waals surface area contributed by atoms with Gasteiger partial charge in [0.25, 0.3) is 0 Å². The Bertz CT molecular complexity index is 603. The van der Waals surface area contributed by atoms with Gasteiger partial charge in [-0.05, 0) is 17.7 Å². The summed E-state index contributed by atoms with van der Waals surface area (Å²) in [7, 11) is 0. The van der Waals surface area contributed by atoms with Gasteiger partial charge < -0.3 is 5.11 Å². The predicted octanol–water partition coefficient (Wildman–Crippen LogP) is 3.86. The van der Waals surface area contributed by atoms with Crippen LogP contribution in [0.25, 0.3) is 0 Å². The zero-order valence-corrected chi connectivity index (χ0v) is 12.0. The summed E-state index contributed by atoms with van der Waals surface area (Å²) in [6.45, 7) is 0. The van der Waals surface area contributed by atoms with E-state index in [1.54, 1.807) is 11.4 Å². The molecule has 1 N–H and O–H groups in total. The van der Waals surface area contributed by atoms with Crippen molar-refractivity contribution in [3.63, 3.8) is 0 Å². The van der Waals surface area contributed by atoms with Crippen LogP contribution in [0.3, 0.4) is 0 Å². The molecule has 0 aliphatic carbocycles. The van der Waals surface area contributed by atoms with Crippen molar-refractivity contribution in [2.45, 2.75) is 16.5 Å². The lowest BCUT2D eigenvalue weighted by atomic mass is 10.2. The zero-order chi connectivity index (χ0) is 13.8. The second-order valence-electron chi connectivity index (χ2n) is 3.70. The predicted molar refractivity (Wildman–Crippen MR) is 74.4 cm³/mol. The molecule has 0 spiro atoms. The van der Waals surface area contributed by atoms with Crippen molar-refractivity contribution in [3.8, 4) is 0 Å². The molecule has 19 heavy (non-hydrogen) atoms. The van der Waals surface area contributed by atoms with Crippen LogP contribution in [0.5, 0.6) is 0 Å².